The van der Waals surface area contributed by atoms with Crippen molar-refractivity contribution in [3.8, 4) is 0 Å². The average molecular weight is 378 g/mol. The number of aromatic nitrogens is 1. The van der Waals surface area contributed by atoms with Gasteiger partial charge in [-0.3, -0.25) is 9.59 Å². The lowest BCUT2D eigenvalue weighted by Gasteiger charge is -2.14. The fraction of sp³-hybridized carbons (Fsp3) is 0.227. The first-order valence-electron chi connectivity index (χ1n) is 9.23. The normalized spacial score (nSPS) is 10.6. The molecule has 0 aliphatic carbocycles. The first kappa shape index (κ1) is 19.4. The van der Waals surface area contributed by atoms with E-state index in [2.05, 4.69) is 10.3 Å². The van der Waals surface area contributed by atoms with Gasteiger partial charge in [0.15, 0.2) is 12.0 Å². The molecule has 0 aliphatic rings. The highest BCUT2D eigenvalue weighted by molar-refractivity contribution is 5.96. The largest absolute Gasteiger partial charge is 0.451 e. The van der Waals surface area contributed by atoms with E-state index in [0.29, 0.717) is 10.9 Å². The van der Waals surface area contributed by atoms with Gasteiger partial charge in [0.05, 0.1) is 0 Å². The van der Waals surface area contributed by atoms with Gasteiger partial charge in [-0.15, -0.1) is 0 Å². The highest BCUT2D eigenvalue weighted by Crippen LogP contribution is 2.22. The third-order valence-electron chi connectivity index (χ3n) is 4.55. The number of pyridine rings is 1. The molecule has 1 amide bonds. The van der Waals surface area contributed by atoms with Gasteiger partial charge in [-0.2, -0.15) is 0 Å². The predicted octanol–water partition coefficient (Wildman–Crippen LogP) is 3.45. The van der Waals surface area contributed by atoms with Gasteiger partial charge in [0, 0.05) is 22.7 Å². The Labute approximate surface area is 162 Å². The molecule has 0 fully saturated rings. The molecule has 2 aromatic carbocycles. The molecular formula is C22H22N2O4. The van der Waals surface area contributed by atoms with E-state index in [-0.39, 0.29) is 11.1 Å². The molecule has 6 heteroatoms. The topological polar surface area (TPSA) is 88.3 Å². The summed E-state index contributed by atoms with van der Waals surface area (Å²) in [5.41, 5.74) is 3.09. The Morgan fingerprint density at radius 2 is 1.68 bits per heavy atom. The predicted molar refractivity (Wildman–Crippen MR) is 109 cm³/mol. The number of hydrogen-bond acceptors (Lipinski definition) is 4. The number of H-pyrrole nitrogens is 1. The smallest absolute Gasteiger partial charge is 0.355 e. The van der Waals surface area contributed by atoms with Crippen LogP contribution in [-0.2, 0) is 22.4 Å². The van der Waals surface area contributed by atoms with Crippen LogP contribution in [0.2, 0.25) is 0 Å². The number of ether oxygens (including phenoxy) is 1. The highest BCUT2D eigenvalue weighted by atomic mass is 16.5. The minimum absolute atomic E-state index is 0.0136. The maximum absolute atomic E-state index is 12.3. The van der Waals surface area contributed by atoms with Gasteiger partial charge in [0.25, 0.3) is 5.91 Å². The van der Waals surface area contributed by atoms with Crippen molar-refractivity contribution < 1.29 is 14.3 Å². The molecule has 1 aromatic heterocycles. The molecule has 0 saturated carbocycles. The molecule has 0 saturated heterocycles. The Hall–Kier alpha value is -3.41. The second-order valence-corrected chi connectivity index (χ2v) is 6.38. The summed E-state index contributed by atoms with van der Waals surface area (Å²) < 4.78 is 5.09. The lowest BCUT2D eigenvalue weighted by molar-refractivity contribution is -0.119. The van der Waals surface area contributed by atoms with Crippen molar-refractivity contribution in [1.82, 2.24) is 4.98 Å². The summed E-state index contributed by atoms with van der Waals surface area (Å²) in [7, 11) is 0. The number of anilines is 1. The van der Waals surface area contributed by atoms with Crippen LogP contribution in [0.15, 0.2) is 53.3 Å². The number of aromatic amines is 1. The van der Waals surface area contributed by atoms with Crippen LogP contribution in [0.1, 0.15) is 35.5 Å². The Kier molecular flexibility index (Phi) is 5.89. The fourth-order valence-electron chi connectivity index (χ4n) is 3.09. The molecule has 28 heavy (non-hydrogen) atoms. The van der Waals surface area contributed by atoms with E-state index in [1.807, 2.05) is 32.0 Å². The van der Waals surface area contributed by atoms with Crippen molar-refractivity contribution in [3.63, 3.8) is 0 Å². The Morgan fingerprint density at radius 3 is 2.36 bits per heavy atom. The zero-order valence-electron chi connectivity index (χ0n) is 15.9. The Bertz CT molecular complexity index is 1060. The van der Waals surface area contributed by atoms with Crippen LogP contribution < -0.4 is 10.7 Å². The number of fused-ring (bicyclic) bond motifs is 1. The van der Waals surface area contributed by atoms with Crippen LogP contribution in [0.4, 0.5) is 5.69 Å². The highest BCUT2D eigenvalue weighted by Gasteiger charge is 2.15. The van der Waals surface area contributed by atoms with Gasteiger partial charge in [0.1, 0.15) is 5.69 Å². The number of esters is 1. The Morgan fingerprint density at radius 1 is 1.00 bits per heavy atom. The molecule has 3 aromatic rings. The van der Waals surface area contributed by atoms with Crippen molar-refractivity contribution >= 4 is 28.5 Å². The van der Waals surface area contributed by atoms with E-state index in [4.69, 9.17) is 4.74 Å². The summed E-state index contributed by atoms with van der Waals surface area (Å²) in [6, 6.07) is 14.0. The molecule has 0 aliphatic heterocycles. The summed E-state index contributed by atoms with van der Waals surface area (Å²) >= 11 is 0. The molecule has 6 nitrogen and oxygen atoms in total. The number of nitrogens with one attached hydrogen (secondary N) is 2. The van der Waals surface area contributed by atoms with E-state index in [9.17, 15) is 14.4 Å². The summed E-state index contributed by atoms with van der Waals surface area (Å²) in [5, 5.41) is 3.33. The number of carbonyl (C=O) groups is 2. The van der Waals surface area contributed by atoms with Crippen molar-refractivity contribution in [2.24, 2.45) is 0 Å². The molecule has 3 rings (SSSR count). The van der Waals surface area contributed by atoms with Crippen molar-refractivity contribution in [3.05, 3.63) is 75.6 Å². The number of amides is 1. The molecule has 0 atom stereocenters. The number of benzene rings is 2. The summed E-state index contributed by atoms with van der Waals surface area (Å²) in [5.74, 6) is -1.18. The van der Waals surface area contributed by atoms with E-state index >= 15 is 0 Å². The van der Waals surface area contributed by atoms with Crippen molar-refractivity contribution in [2.45, 2.75) is 26.7 Å². The number of hydrogen-bond donors (Lipinski definition) is 2. The van der Waals surface area contributed by atoms with E-state index < -0.39 is 18.5 Å². The molecule has 0 radical (unpaired) electrons. The standard InChI is InChI=1S/C22H22N2O4/c1-3-14-8-7-9-15(4-2)21(14)24-20(26)13-28-22(27)18-12-19(25)16-10-5-6-11-17(16)23-18/h5-12H,3-4,13H2,1-2H3,(H,23,25)(H,24,26). The fourth-order valence-corrected chi connectivity index (χ4v) is 3.09. The molecule has 2 N–H and O–H groups in total. The van der Waals surface area contributed by atoms with Crippen LogP contribution in [0.3, 0.4) is 0 Å². The number of aryl methyl sites for hydroxylation is 2. The molecule has 1 heterocycles. The molecular weight excluding hydrogens is 356 g/mol. The quantitative estimate of drug-likeness (QED) is 0.643. The zero-order chi connectivity index (χ0) is 20.1. The second-order valence-electron chi connectivity index (χ2n) is 6.38. The number of carbonyl (C=O) groups excluding carboxylic acids is 2. The van der Waals surface area contributed by atoms with E-state index in [1.165, 1.54) is 6.07 Å². The summed E-state index contributed by atoms with van der Waals surface area (Å²) in [6.07, 6.45) is 1.56. The van der Waals surface area contributed by atoms with E-state index in [0.717, 1.165) is 29.7 Å². The minimum Gasteiger partial charge on any atom is -0.451 e. The Balaban J connectivity index is 1.70. The summed E-state index contributed by atoms with van der Waals surface area (Å²) in [6.45, 7) is 3.59. The van der Waals surface area contributed by atoms with Crippen LogP contribution in [0.25, 0.3) is 10.9 Å². The van der Waals surface area contributed by atoms with Crippen LogP contribution >= 0.6 is 0 Å². The van der Waals surface area contributed by atoms with Gasteiger partial charge in [-0.25, -0.2) is 4.79 Å². The lowest BCUT2D eigenvalue weighted by Crippen LogP contribution is -2.23. The first-order chi connectivity index (χ1) is 13.5. The second kappa shape index (κ2) is 8.52. The number of para-hydroxylation sites is 2. The monoisotopic (exact) mass is 378 g/mol. The molecule has 0 spiro atoms. The average Bonchev–Trinajstić information content (AvgIpc) is 2.72. The minimum atomic E-state index is -0.752. The number of rotatable bonds is 6. The van der Waals surface area contributed by atoms with Crippen molar-refractivity contribution in [2.75, 3.05) is 11.9 Å². The summed E-state index contributed by atoms with van der Waals surface area (Å²) in [4.78, 5) is 39.6. The molecule has 0 bridgehead atoms. The third-order valence-corrected chi connectivity index (χ3v) is 4.55. The zero-order valence-corrected chi connectivity index (χ0v) is 15.9. The van der Waals surface area contributed by atoms with Crippen LogP contribution in [0.5, 0.6) is 0 Å². The van der Waals surface area contributed by atoms with Gasteiger partial charge in [-0.05, 0) is 36.1 Å². The first-order valence-corrected chi connectivity index (χ1v) is 9.23. The maximum atomic E-state index is 12.3. The van der Waals surface area contributed by atoms with Crippen LogP contribution in [-0.4, -0.2) is 23.5 Å². The lowest BCUT2D eigenvalue weighted by atomic mass is 10.0. The van der Waals surface area contributed by atoms with Gasteiger partial charge < -0.3 is 15.0 Å². The third kappa shape index (κ3) is 4.11. The van der Waals surface area contributed by atoms with Crippen molar-refractivity contribution in [1.29, 1.82) is 0 Å². The molecule has 0 unspecified atom stereocenters. The van der Waals surface area contributed by atoms with Gasteiger partial charge in [-0.1, -0.05) is 44.2 Å². The van der Waals surface area contributed by atoms with Gasteiger partial charge >= 0.3 is 5.97 Å². The van der Waals surface area contributed by atoms with E-state index in [1.54, 1.807) is 24.3 Å². The van der Waals surface area contributed by atoms with Crippen LogP contribution in [0, 0.1) is 0 Å². The maximum Gasteiger partial charge on any atom is 0.355 e. The van der Waals surface area contributed by atoms with Gasteiger partial charge in [0.2, 0.25) is 0 Å². The SMILES string of the molecule is CCc1cccc(CC)c1NC(=O)COC(=O)c1cc(=O)c2ccccc2[nH]1. The molecule has 144 valence electrons.